The van der Waals surface area contributed by atoms with Gasteiger partial charge in [0, 0.05) is 5.69 Å². The van der Waals surface area contributed by atoms with Crippen LogP contribution in [-0.4, -0.2) is 25.2 Å². The third-order valence-electron chi connectivity index (χ3n) is 2.98. The average Bonchev–Trinajstić information content (AvgIpc) is 3.03. The van der Waals surface area contributed by atoms with Crippen LogP contribution in [0.1, 0.15) is 40.5 Å². The Morgan fingerprint density at radius 2 is 1.78 bits per heavy atom. The third kappa shape index (κ3) is 4.60. The van der Waals surface area contributed by atoms with Crippen LogP contribution in [0.2, 0.25) is 0 Å². The average molecular weight is 317 g/mol. The van der Waals surface area contributed by atoms with E-state index in [2.05, 4.69) is 5.32 Å². The van der Waals surface area contributed by atoms with E-state index in [0.717, 1.165) is 5.69 Å². The van der Waals surface area contributed by atoms with Crippen LogP contribution in [0.4, 0.5) is 5.69 Å². The fourth-order valence-corrected chi connectivity index (χ4v) is 1.94. The number of furan rings is 1. The molecule has 1 aromatic heterocycles. The van der Waals surface area contributed by atoms with Gasteiger partial charge in [-0.05, 0) is 44.2 Å². The van der Waals surface area contributed by atoms with Crippen LogP contribution < -0.4 is 5.32 Å². The quantitative estimate of drug-likeness (QED) is 0.790. The number of carbonyl (C=O) groups excluding carboxylic acids is 2. The molecule has 2 rings (SSSR count). The number of carbonyl (C=O) groups is 2. The van der Waals surface area contributed by atoms with E-state index in [1.807, 2.05) is 6.07 Å². The van der Waals surface area contributed by atoms with E-state index in [9.17, 15) is 9.59 Å². The van der Waals surface area contributed by atoms with E-state index in [4.69, 9.17) is 13.9 Å². The van der Waals surface area contributed by atoms with E-state index >= 15 is 0 Å². The molecule has 23 heavy (non-hydrogen) atoms. The van der Waals surface area contributed by atoms with E-state index in [1.165, 1.54) is 0 Å². The molecule has 0 spiro atoms. The Labute approximate surface area is 134 Å². The maximum Gasteiger partial charge on any atom is 0.374 e. The molecule has 0 unspecified atom stereocenters. The molecular formula is C17H19NO5. The molecule has 1 N–H and O–H groups in total. The van der Waals surface area contributed by atoms with E-state index in [0.29, 0.717) is 31.1 Å². The van der Waals surface area contributed by atoms with Crippen LogP contribution >= 0.6 is 0 Å². The lowest BCUT2D eigenvalue weighted by Gasteiger charge is -2.07. The first kappa shape index (κ1) is 16.6. The summed E-state index contributed by atoms with van der Waals surface area (Å²) < 4.78 is 15.2. The van der Waals surface area contributed by atoms with Crippen molar-refractivity contribution in [3.05, 3.63) is 53.5 Å². The number of anilines is 1. The summed E-state index contributed by atoms with van der Waals surface area (Å²) in [5, 5.41) is 3.13. The highest BCUT2D eigenvalue weighted by Crippen LogP contribution is 2.15. The van der Waals surface area contributed by atoms with Crippen LogP contribution in [0.5, 0.6) is 0 Å². The monoisotopic (exact) mass is 317 g/mol. The Bertz CT molecular complexity index is 677. The fourth-order valence-electron chi connectivity index (χ4n) is 1.94. The highest BCUT2D eigenvalue weighted by atomic mass is 16.5. The second kappa shape index (κ2) is 8.03. The van der Waals surface area contributed by atoms with Gasteiger partial charge in [-0.2, -0.15) is 0 Å². The number of hydrogen-bond donors (Lipinski definition) is 1. The molecule has 0 aliphatic heterocycles. The lowest BCUT2D eigenvalue weighted by Crippen LogP contribution is -2.06. The van der Waals surface area contributed by atoms with Gasteiger partial charge < -0.3 is 19.2 Å². The van der Waals surface area contributed by atoms with E-state index in [-0.39, 0.29) is 11.7 Å². The smallest absolute Gasteiger partial charge is 0.374 e. The summed E-state index contributed by atoms with van der Waals surface area (Å²) in [5.74, 6) is -0.0830. The highest BCUT2D eigenvalue weighted by molar-refractivity contribution is 5.90. The van der Waals surface area contributed by atoms with Crippen LogP contribution in [-0.2, 0) is 16.0 Å². The van der Waals surface area contributed by atoms with Crippen molar-refractivity contribution in [2.45, 2.75) is 20.4 Å². The SMILES string of the molecule is CCOC(=O)c1cccc(NCc2ccc(C(=O)OCC)o2)c1. The summed E-state index contributed by atoms with van der Waals surface area (Å²) in [6.45, 7) is 4.51. The molecule has 2 aromatic rings. The third-order valence-corrected chi connectivity index (χ3v) is 2.98. The maximum absolute atomic E-state index is 11.7. The van der Waals surface area contributed by atoms with Crippen LogP contribution in [0, 0.1) is 0 Å². The molecule has 6 heteroatoms. The molecule has 0 atom stereocenters. The summed E-state index contributed by atoms with van der Waals surface area (Å²) in [7, 11) is 0. The molecule has 0 fully saturated rings. The minimum Gasteiger partial charge on any atom is -0.462 e. The Balaban J connectivity index is 1.97. The van der Waals surface area contributed by atoms with Crippen LogP contribution in [0.3, 0.4) is 0 Å². The molecule has 1 aromatic carbocycles. The van der Waals surface area contributed by atoms with Gasteiger partial charge in [0.2, 0.25) is 5.76 Å². The van der Waals surface area contributed by atoms with E-state index in [1.54, 1.807) is 44.2 Å². The molecule has 1 heterocycles. The summed E-state index contributed by atoms with van der Waals surface area (Å²) >= 11 is 0. The van der Waals surface area contributed by atoms with Crippen molar-refractivity contribution in [2.24, 2.45) is 0 Å². The van der Waals surface area contributed by atoms with Crippen molar-refractivity contribution < 1.29 is 23.5 Å². The zero-order valence-electron chi connectivity index (χ0n) is 13.1. The summed E-state index contributed by atoms with van der Waals surface area (Å²) in [4.78, 5) is 23.2. The van der Waals surface area contributed by atoms with Gasteiger partial charge >= 0.3 is 11.9 Å². The van der Waals surface area contributed by atoms with Gasteiger partial charge in [-0.25, -0.2) is 9.59 Å². The fraction of sp³-hybridized carbons (Fsp3) is 0.294. The van der Waals surface area contributed by atoms with Gasteiger partial charge in [0.1, 0.15) is 5.76 Å². The van der Waals surface area contributed by atoms with Crippen molar-refractivity contribution in [2.75, 3.05) is 18.5 Å². The van der Waals surface area contributed by atoms with Crippen molar-refractivity contribution in [3.63, 3.8) is 0 Å². The topological polar surface area (TPSA) is 77.8 Å². The molecule has 6 nitrogen and oxygen atoms in total. The second-order valence-electron chi connectivity index (χ2n) is 4.64. The highest BCUT2D eigenvalue weighted by Gasteiger charge is 2.12. The van der Waals surface area contributed by atoms with Gasteiger partial charge in [-0.1, -0.05) is 6.07 Å². The lowest BCUT2D eigenvalue weighted by molar-refractivity contribution is 0.0486. The number of nitrogens with one attached hydrogen (secondary N) is 1. The number of hydrogen-bond acceptors (Lipinski definition) is 6. The first-order valence-electron chi connectivity index (χ1n) is 7.41. The predicted octanol–water partition coefficient (Wildman–Crippen LogP) is 3.25. The number of rotatable bonds is 7. The van der Waals surface area contributed by atoms with Gasteiger partial charge in [0.05, 0.1) is 25.3 Å². The van der Waals surface area contributed by atoms with Crippen molar-refractivity contribution in [3.8, 4) is 0 Å². The minimum atomic E-state index is -0.483. The van der Waals surface area contributed by atoms with Gasteiger partial charge in [-0.15, -0.1) is 0 Å². The molecule has 0 bridgehead atoms. The Morgan fingerprint density at radius 3 is 2.52 bits per heavy atom. The normalized spacial score (nSPS) is 10.2. The molecule has 0 saturated heterocycles. The Hall–Kier alpha value is -2.76. The number of esters is 2. The molecule has 0 radical (unpaired) electrons. The largest absolute Gasteiger partial charge is 0.462 e. The van der Waals surface area contributed by atoms with Crippen LogP contribution in [0.25, 0.3) is 0 Å². The van der Waals surface area contributed by atoms with Crippen LogP contribution in [0.15, 0.2) is 40.8 Å². The molecule has 0 aliphatic carbocycles. The minimum absolute atomic E-state index is 0.170. The van der Waals surface area contributed by atoms with Gasteiger partial charge in [0.15, 0.2) is 0 Å². The summed E-state index contributed by atoms with van der Waals surface area (Å²) in [6, 6.07) is 10.3. The Kier molecular flexibility index (Phi) is 5.80. The first-order chi connectivity index (χ1) is 11.1. The summed E-state index contributed by atoms with van der Waals surface area (Å²) in [5.41, 5.74) is 1.23. The molecular weight excluding hydrogens is 298 g/mol. The zero-order chi connectivity index (χ0) is 16.7. The maximum atomic E-state index is 11.7. The standard InChI is InChI=1S/C17H19NO5/c1-3-21-16(19)12-6-5-7-13(10-12)18-11-14-8-9-15(23-14)17(20)22-4-2/h5-10,18H,3-4,11H2,1-2H3. The van der Waals surface area contributed by atoms with Gasteiger partial charge in [0.25, 0.3) is 0 Å². The van der Waals surface area contributed by atoms with Crippen molar-refractivity contribution in [1.29, 1.82) is 0 Å². The lowest BCUT2D eigenvalue weighted by atomic mass is 10.2. The van der Waals surface area contributed by atoms with Crippen molar-refractivity contribution >= 4 is 17.6 Å². The second-order valence-corrected chi connectivity index (χ2v) is 4.64. The van der Waals surface area contributed by atoms with Crippen molar-refractivity contribution in [1.82, 2.24) is 0 Å². The zero-order valence-corrected chi connectivity index (χ0v) is 13.1. The first-order valence-corrected chi connectivity index (χ1v) is 7.41. The predicted molar refractivity (Wildman–Crippen MR) is 84.4 cm³/mol. The summed E-state index contributed by atoms with van der Waals surface area (Å²) in [6.07, 6.45) is 0. The molecule has 0 aliphatic rings. The number of ether oxygens (including phenoxy) is 2. The van der Waals surface area contributed by atoms with Gasteiger partial charge in [-0.3, -0.25) is 0 Å². The molecule has 0 saturated carbocycles. The Morgan fingerprint density at radius 1 is 1.04 bits per heavy atom. The van der Waals surface area contributed by atoms with E-state index < -0.39 is 5.97 Å². The number of benzene rings is 1. The molecule has 0 amide bonds. The molecule has 122 valence electrons.